The number of carbonyl (C=O) groups excluding carboxylic acids is 3. The second-order valence-electron chi connectivity index (χ2n) is 12.7. The van der Waals surface area contributed by atoms with Gasteiger partial charge in [0, 0.05) is 18.8 Å². The number of likely N-dealkylation sites (tertiary alicyclic amines) is 1. The summed E-state index contributed by atoms with van der Waals surface area (Å²) in [4.78, 5) is 48.6. The molecule has 3 aliphatic heterocycles. The molecule has 47 heavy (non-hydrogen) atoms. The van der Waals surface area contributed by atoms with E-state index in [1.807, 2.05) is 50.2 Å². The predicted molar refractivity (Wildman–Crippen MR) is 175 cm³/mol. The fraction of sp³-hybridized carbons (Fsp3) is 0.457. The third kappa shape index (κ3) is 5.19. The second-order valence-corrected chi connectivity index (χ2v) is 12.7. The second kappa shape index (κ2) is 12.6. The summed E-state index contributed by atoms with van der Waals surface area (Å²) in [5.41, 5.74) is -0.182. The van der Waals surface area contributed by atoms with Gasteiger partial charge in [0.2, 0.25) is 17.7 Å². The number of amides is 3. The summed E-state index contributed by atoms with van der Waals surface area (Å²) < 4.78 is 14.1. The van der Waals surface area contributed by atoms with Gasteiger partial charge in [0.15, 0.2) is 0 Å². The lowest BCUT2D eigenvalue weighted by atomic mass is 9.66. The van der Waals surface area contributed by atoms with Gasteiger partial charge < -0.3 is 29.3 Å². The lowest BCUT2D eigenvalue weighted by Crippen LogP contribution is -2.58. The van der Waals surface area contributed by atoms with Crippen LogP contribution in [-0.2, 0) is 25.8 Å². The molecule has 12 nitrogen and oxygen atoms in total. The Morgan fingerprint density at radius 2 is 1.85 bits per heavy atom. The first-order valence-electron chi connectivity index (χ1n) is 16.1. The molecule has 4 heterocycles. The van der Waals surface area contributed by atoms with Gasteiger partial charge in [-0.1, -0.05) is 29.5 Å². The summed E-state index contributed by atoms with van der Waals surface area (Å²) in [7, 11) is 0. The van der Waals surface area contributed by atoms with E-state index < -0.39 is 35.1 Å². The number of anilines is 1. The molecule has 2 aromatic carbocycles. The van der Waals surface area contributed by atoms with E-state index in [-0.39, 0.29) is 44.1 Å². The van der Waals surface area contributed by atoms with Crippen LogP contribution in [0.5, 0.6) is 5.75 Å². The summed E-state index contributed by atoms with van der Waals surface area (Å²) in [6, 6.07) is 12.9. The van der Waals surface area contributed by atoms with E-state index in [1.54, 1.807) is 45.7 Å². The van der Waals surface area contributed by atoms with Crippen LogP contribution >= 0.6 is 0 Å². The van der Waals surface area contributed by atoms with E-state index in [0.717, 1.165) is 5.52 Å². The maximum atomic E-state index is 14.8. The van der Waals surface area contributed by atoms with Gasteiger partial charge in [0.05, 0.1) is 42.2 Å². The fourth-order valence-electron chi connectivity index (χ4n) is 7.82. The molecule has 2 unspecified atom stereocenters. The molecule has 3 saturated heterocycles. The number of carbonyl (C=O) groups is 3. The molecule has 2 bridgehead atoms. The number of nitrogens with zero attached hydrogens (tertiary/aromatic N) is 6. The van der Waals surface area contributed by atoms with Crippen LogP contribution in [0.25, 0.3) is 11.0 Å². The first-order chi connectivity index (χ1) is 22.6. The van der Waals surface area contributed by atoms with E-state index in [1.165, 1.54) is 4.90 Å². The van der Waals surface area contributed by atoms with Crippen molar-refractivity contribution in [2.75, 3.05) is 31.2 Å². The number of ether oxygens (including phenoxy) is 2. The summed E-state index contributed by atoms with van der Waals surface area (Å²) in [6.07, 6.45) is 4.16. The minimum atomic E-state index is -1.27. The average Bonchev–Trinajstić information content (AvgIpc) is 3.78. The van der Waals surface area contributed by atoms with Gasteiger partial charge >= 0.3 is 0 Å². The fourth-order valence-corrected chi connectivity index (χ4v) is 7.82. The van der Waals surface area contributed by atoms with Crippen LogP contribution in [0.1, 0.15) is 33.6 Å². The number of benzene rings is 2. The van der Waals surface area contributed by atoms with E-state index in [4.69, 9.17) is 9.47 Å². The third-order valence-corrected chi connectivity index (χ3v) is 9.88. The molecular weight excluding hydrogens is 600 g/mol. The number of hydrogen-bond acceptors (Lipinski definition) is 8. The molecule has 1 N–H and O–H groups in total. The van der Waals surface area contributed by atoms with Crippen molar-refractivity contribution < 1.29 is 29.0 Å². The van der Waals surface area contributed by atoms with Gasteiger partial charge in [0.25, 0.3) is 0 Å². The van der Waals surface area contributed by atoms with Crippen LogP contribution in [0.15, 0.2) is 73.8 Å². The van der Waals surface area contributed by atoms with Crippen molar-refractivity contribution in [2.45, 2.75) is 63.6 Å². The van der Waals surface area contributed by atoms with Crippen molar-refractivity contribution in [1.29, 1.82) is 0 Å². The minimum Gasteiger partial charge on any atom is -0.494 e. The number of hydrogen-bond donors (Lipinski definition) is 1. The highest BCUT2D eigenvalue weighted by atomic mass is 16.5. The van der Waals surface area contributed by atoms with Gasteiger partial charge in [-0.05, 0) is 70.0 Å². The summed E-state index contributed by atoms with van der Waals surface area (Å²) in [5, 5.41) is 18.8. The van der Waals surface area contributed by atoms with Crippen molar-refractivity contribution in [3.63, 3.8) is 0 Å². The molecule has 6 atom stereocenters. The highest BCUT2D eigenvalue weighted by Gasteiger charge is 2.78. The Morgan fingerprint density at radius 3 is 2.53 bits per heavy atom. The standard InChI is InChI=1S/C35H42N6O6/c1-6-19-38(22-40-27-12-10-9-11-26(27)36-37-40)33(45)30-35-18-17-34(5,47-35)28(29(35)32(44)41(30)23(4)21-42)31(43)39(20-7-2)24-13-15-25(16-14-24)46-8-3/h6-7,9-16,23,28-30,42H,1-2,8,17-22H2,3-5H3/t23-,28-,29+,30?,34+,35?/m1/s1. The first kappa shape index (κ1) is 32.4. The maximum absolute atomic E-state index is 14.8. The maximum Gasteiger partial charge on any atom is 0.250 e. The SMILES string of the molecule is C=CCN(Cn1nnc2ccccc21)C(=O)C1N([C@H](C)CO)C(=O)[C@@H]2[C@H](C(=O)N(CC=C)c3ccc(OCC)cc3)[C@]3(C)CCC12O3. The molecule has 12 heteroatoms. The largest absolute Gasteiger partial charge is 0.494 e. The summed E-state index contributed by atoms with van der Waals surface area (Å²) in [6.45, 7) is 13.8. The molecule has 0 radical (unpaired) electrons. The van der Waals surface area contributed by atoms with Crippen molar-refractivity contribution in [2.24, 2.45) is 11.8 Å². The molecule has 6 rings (SSSR count). The molecule has 0 saturated carbocycles. The zero-order chi connectivity index (χ0) is 33.5. The van der Waals surface area contributed by atoms with Gasteiger partial charge in [-0.2, -0.15) is 0 Å². The lowest BCUT2D eigenvalue weighted by Gasteiger charge is -2.38. The Morgan fingerprint density at radius 1 is 1.13 bits per heavy atom. The van der Waals surface area contributed by atoms with Gasteiger partial charge in [-0.3, -0.25) is 14.4 Å². The summed E-state index contributed by atoms with van der Waals surface area (Å²) in [5.74, 6) is -2.13. The van der Waals surface area contributed by atoms with Crippen molar-refractivity contribution in [3.8, 4) is 5.75 Å². The molecule has 1 spiro atoms. The third-order valence-electron chi connectivity index (χ3n) is 9.88. The van der Waals surface area contributed by atoms with Crippen LogP contribution in [0.4, 0.5) is 5.69 Å². The number of aliphatic hydroxyl groups excluding tert-OH is 1. The van der Waals surface area contributed by atoms with Gasteiger partial charge in [-0.15, -0.1) is 18.3 Å². The Balaban J connectivity index is 1.38. The molecule has 0 aliphatic carbocycles. The van der Waals surface area contributed by atoms with Crippen molar-refractivity contribution >= 4 is 34.4 Å². The molecule has 3 fully saturated rings. The molecular formula is C35H42N6O6. The summed E-state index contributed by atoms with van der Waals surface area (Å²) >= 11 is 0. The van der Waals surface area contributed by atoms with Crippen LogP contribution in [0.2, 0.25) is 0 Å². The zero-order valence-electron chi connectivity index (χ0n) is 27.1. The molecule has 3 aliphatic rings. The number of aromatic nitrogens is 3. The Labute approximate surface area is 274 Å². The van der Waals surface area contributed by atoms with E-state index >= 15 is 0 Å². The number of fused-ring (bicyclic) bond motifs is 2. The molecule has 248 valence electrons. The normalized spacial score (nSPS) is 26.7. The highest BCUT2D eigenvalue weighted by Crippen LogP contribution is 2.64. The minimum absolute atomic E-state index is 0.0582. The molecule has 3 aromatic rings. The Hall–Kier alpha value is -4.55. The lowest BCUT2D eigenvalue weighted by molar-refractivity contribution is -0.155. The number of aliphatic hydroxyl groups is 1. The van der Waals surface area contributed by atoms with Crippen molar-refractivity contribution in [3.05, 3.63) is 73.8 Å². The van der Waals surface area contributed by atoms with Crippen molar-refractivity contribution in [1.82, 2.24) is 24.8 Å². The quantitative estimate of drug-likeness (QED) is 0.282. The van der Waals surface area contributed by atoms with Crippen LogP contribution in [-0.4, -0.2) is 97.2 Å². The first-order valence-corrected chi connectivity index (χ1v) is 16.1. The van der Waals surface area contributed by atoms with Gasteiger partial charge in [0.1, 0.15) is 29.6 Å². The predicted octanol–water partition coefficient (Wildman–Crippen LogP) is 3.17. The Kier molecular flexibility index (Phi) is 8.66. The van der Waals surface area contributed by atoms with Crippen LogP contribution < -0.4 is 9.64 Å². The Bertz CT molecular complexity index is 1690. The van der Waals surface area contributed by atoms with E-state index in [9.17, 15) is 19.5 Å². The number of rotatable bonds is 13. The molecule has 3 amide bonds. The van der Waals surface area contributed by atoms with E-state index in [0.29, 0.717) is 36.4 Å². The monoisotopic (exact) mass is 642 g/mol. The topological polar surface area (TPSA) is 130 Å². The van der Waals surface area contributed by atoms with Crippen LogP contribution in [0, 0.1) is 11.8 Å². The smallest absolute Gasteiger partial charge is 0.250 e. The highest BCUT2D eigenvalue weighted by molar-refractivity contribution is 6.03. The van der Waals surface area contributed by atoms with E-state index in [2.05, 4.69) is 23.5 Å². The number of para-hydroxylation sites is 1. The van der Waals surface area contributed by atoms with Gasteiger partial charge in [-0.25, -0.2) is 4.68 Å². The van der Waals surface area contributed by atoms with Crippen LogP contribution in [0.3, 0.4) is 0 Å². The molecule has 1 aromatic heterocycles. The zero-order valence-corrected chi connectivity index (χ0v) is 27.1. The average molecular weight is 643 g/mol.